The molecule has 0 saturated heterocycles. The molecule has 0 aliphatic heterocycles. The molecule has 1 aromatic heterocycles. The van der Waals surface area contributed by atoms with E-state index >= 15 is 0 Å². The Bertz CT molecular complexity index is 655. The summed E-state index contributed by atoms with van der Waals surface area (Å²) in [5.74, 6) is 0. The second kappa shape index (κ2) is 5.23. The first kappa shape index (κ1) is 13.3. The fraction of sp³-hybridized carbons (Fsp3) is 0.100. The van der Waals surface area contributed by atoms with Gasteiger partial charge in [-0.3, -0.25) is 0 Å². The molecule has 8 heteroatoms. The highest BCUT2D eigenvalue weighted by Gasteiger charge is 2.17. The molecular formula is C10H10ClN3O2S2. The van der Waals surface area contributed by atoms with E-state index in [1.165, 1.54) is 23.5 Å². The molecule has 0 aliphatic rings. The average molecular weight is 304 g/mol. The van der Waals surface area contributed by atoms with Crippen molar-refractivity contribution < 1.29 is 8.42 Å². The van der Waals surface area contributed by atoms with E-state index in [1.54, 1.807) is 17.5 Å². The number of nitrogens with zero attached hydrogens (tertiary/aromatic N) is 1. The number of hydrogen-bond donors (Lipinski definition) is 2. The van der Waals surface area contributed by atoms with E-state index in [0.717, 1.165) is 0 Å². The lowest BCUT2D eigenvalue weighted by molar-refractivity contribution is 0.580. The van der Waals surface area contributed by atoms with Crippen molar-refractivity contribution in [1.82, 2.24) is 9.71 Å². The minimum atomic E-state index is -3.64. The third-order valence-corrected chi connectivity index (χ3v) is 4.76. The highest BCUT2D eigenvalue weighted by Crippen LogP contribution is 2.20. The van der Waals surface area contributed by atoms with Crippen molar-refractivity contribution >= 4 is 38.1 Å². The van der Waals surface area contributed by atoms with Crippen LogP contribution in [0.1, 0.15) is 5.69 Å². The normalized spacial score (nSPS) is 11.6. The molecule has 2 aromatic rings. The zero-order valence-corrected chi connectivity index (χ0v) is 11.5. The monoisotopic (exact) mass is 303 g/mol. The van der Waals surface area contributed by atoms with Crippen molar-refractivity contribution in [3.8, 4) is 0 Å². The second-order valence-corrected chi connectivity index (χ2v) is 6.46. The van der Waals surface area contributed by atoms with Gasteiger partial charge in [-0.15, -0.1) is 11.3 Å². The SMILES string of the molecule is Nc1nc(CNS(=O)(=O)c2ccccc2Cl)cs1. The maximum Gasteiger partial charge on any atom is 0.242 e. The molecule has 0 unspecified atom stereocenters. The first-order valence-corrected chi connectivity index (χ1v) is 7.67. The Labute approximate surface area is 114 Å². The Kier molecular flexibility index (Phi) is 3.86. The largest absolute Gasteiger partial charge is 0.375 e. The summed E-state index contributed by atoms with van der Waals surface area (Å²) in [7, 11) is -3.64. The molecule has 0 atom stereocenters. The third kappa shape index (κ3) is 2.99. The minimum absolute atomic E-state index is 0.0508. The van der Waals surface area contributed by atoms with Crippen molar-refractivity contribution in [2.75, 3.05) is 5.73 Å². The summed E-state index contributed by atoms with van der Waals surface area (Å²) in [6.45, 7) is 0.0846. The van der Waals surface area contributed by atoms with Gasteiger partial charge in [-0.1, -0.05) is 23.7 Å². The van der Waals surface area contributed by atoms with Crippen LogP contribution in [0.3, 0.4) is 0 Å². The Balaban J connectivity index is 2.16. The van der Waals surface area contributed by atoms with Crippen LogP contribution in [-0.4, -0.2) is 13.4 Å². The molecular weight excluding hydrogens is 294 g/mol. The fourth-order valence-corrected chi connectivity index (χ4v) is 3.39. The molecule has 5 nitrogen and oxygen atoms in total. The molecule has 0 bridgehead atoms. The number of nitrogens with one attached hydrogen (secondary N) is 1. The molecule has 3 N–H and O–H groups in total. The molecule has 0 fully saturated rings. The van der Waals surface area contributed by atoms with Crippen LogP contribution in [0.4, 0.5) is 5.13 Å². The Morgan fingerprint density at radius 2 is 2.11 bits per heavy atom. The molecule has 0 spiro atoms. The number of benzene rings is 1. The van der Waals surface area contributed by atoms with Crippen LogP contribution in [0.25, 0.3) is 0 Å². The predicted molar refractivity (Wildman–Crippen MR) is 72.0 cm³/mol. The number of hydrogen-bond acceptors (Lipinski definition) is 5. The molecule has 1 heterocycles. The van der Waals surface area contributed by atoms with E-state index in [9.17, 15) is 8.42 Å². The van der Waals surface area contributed by atoms with E-state index in [4.69, 9.17) is 17.3 Å². The van der Waals surface area contributed by atoms with Gasteiger partial charge in [-0.05, 0) is 12.1 Å². The van der Waals surface area contributed by atoms with Crippen LogP contribution in [0, 0.1) is 0 Å². The first-order chi connectivity index (χ1) is 8.49. The molecule has 0 radical (unpaired) electrons. The van der Waals surface area contributed by atoms with Crippen LogP contribution in [0.15, 0.2) is 34.5 Å². The summed E-state index contributed by atoms with van der Waals surface area (Å²) in [5.41, 5.74) is 6.04. The molecule has 2 rings (SSSR count). The summed E-state index contributed by atoms with van der Waals surface area (Å²) < 4.78 is 26.4. The number of thiazole rings is 1. The second-order valence-electron chi connectivity index (χ2n) is 3.43. The summed E-state index contributed by atoms with van der Waals surface area (Å²) in [4.78, 5) is 4.02. The number of halogens is 1. The summed E-state index contributed by atoms with van der Waals surface area (Å²) in [6.07, 6.45) is 0. The van der Waals surface area contributed by atoms with Crippen LogP contribution < -0.4 is 10.5 Å². The van der Waals surface area contributed by atoms with E-state index < -0.39 is 10.0 Å². The topological polar surface area (TPSA) is 85.1 Å². The van der Waals surface area contributed by atoms with Crippen LogP contribution in [0.2, 0.25) is 5.02 Å². The lowest BCUT2D eigenvalue weighted by atomic mass is 10.4. The van der Waals surface area contributed by atoms with Crippen molar-refractivity contribution in [2.24, 2.45) is 0 Å². The Hall–Kier alpha value is -1.15. The molecule has 96 valence electrons. The van der Waals surface area contributed by atoms with Gasteiger partial charge in [0.15, 0.2) is 5.13 Å². The third-order valence-electron chi connectivity index (χ3n) is 2.14. The number of nitrogen functional groups attached to an aromatic ring is 1. The van der Waals surface area contributed by atoms with Gasteiger partial charge in [0, 0.05) is 5.38 Å². The lowest BCUT2D eigenvalue weighted by Crippen LogP contribution is -2.23. The van der Waals surface area contributed by atoms with Gasteiger partial charge >= 0.3 is 0 Å². The summed E-state index contributed by atoms with van der Waals surface area (Å²) in [6, 6.07) is 6.25. The molecule has 1 aromatic carbocycles. The zero-order valence-electron chi connectivity index (χ0n) is 9.13. The number of rotatable bonds is 4. The lowest BCUT2D eigenvalue weighted by Gasteiger charge is -2.06. The highest BCUT2D eigenvalue weighted by atomic mass is 35.5. The zero-order chi connectivity index (χ0) is 13.2. The van der Waals surface area contributed by atoms with Crippen molar-refractivity contribution in [3.05, 3.63) is 40.4 Å². The molecule has 18 heavy (non-hydrogen) atoms. The Morgan fingerprint density at radius 1 is 1.39 bits per heavy atom. The minimum Gasteiger partial charge on any atom is -0.375 e. The quantitative estimate of drug-likeness (QED) is 0.903. The average Bonchev–Trinajstić information content (AvgIpc) is 2.73. The first-order valence-electron chi connectivity index (χ1n) is 4.93. The van der Waals surface area contributed by atoms with Gasteiger partial charge in [0.05, 0.1) is 17.3 Å². The fourth-order valence-electron chi connectivity index (χ4n) is 1.31. The van der Waals surface area contributed by atoms with Gasteiger partial charge < -0.3 is 5.73 Å². The van der Waals surface area contributed by atoms with Crippen LogP contribution >= 0.6 is 22.9 Å². The standard InChI is InChI=1S/C10H10ClN3O2S2/c11-8-3-1-2-4-9(8)18(15,16)13-5-7-6-17-10(12)14-7/h1-4,6,13H,5H2,(H2,12,14). The molecule has 0 saturated carbocycles. The number of anilines is 1. The maximum absolute atomic E-state index is 12.0. The summed E-state index contributed by atoms with van der Waals surface area (Å²) in [5, 5.41) is 2.29. The van der Waals surface area contributed by atoms with Gasteiger partial charge in [0.1, 0.15) is 4.90 Å². The van der Waals surface area contributed by atoms with Crippen LogP contribution in [0.5, 0.6) is 0 Å². The number of sulfonamides is 1. The molecule has 0 amide bonds. The maximum atomic E-state index is 12.0. The van der Waals surface area contributed by atoms with Crippen molar-refractivity contribution in [1.29, 1.82) is 0 Å². The van der Waals surface area contributed by atoms with E-state index in [1.807, 2.05) is 0 Å². The molecule has 0 aliphatic carbocycles. The van der Waals surface area contributed by atoms with Crippen LogP contribution in [-0.2, 0) is 16.6 Å². The van der Waals surface area contributed by atoms with E-state index in [2.05, 4.69) is 9.71 Å². The van der Waals surface area contributed by atoms with Crippen molar-refractivity contribution in [3.63, 3.8) is 0 Å². The van der Waals surface area contributed by atoms with Gasteiger partial charge in [0.25, 0.3) is 0 Å². The van der Waals surface area contributed by atoms with E-state index in [-0.39, 0.29) is 16.5 Å². The van der Waals surface area contributed by atoms with Gasteiger partial charge in [0.2, 0.25) is 10.0 Å². The summed E-state index contributed by atoms with van der Waals surface area (Å²) >= 11 is 7.10. The predicted octanol–water partition coefficient (Wildman–Crippen LogP) is 1.86. The smallest absolute Gasteiger partial charge is 0.242 e. The number of aromatic nitrogens is 1. The van der Waals surface area contributed by atoms with E-state index in [0.29, 0.717) is 10.8 Å². The Morgan fingerprint density at radius 3 is 2.72 bits per heavy atom. The van der Waals surface area contributed by atoms with Crippen molar-refractivity contribution in [2.45, 2.75) is 11.4 Å². The van der Waals surface area contributed by atoms with Gasteiger partial charge in [-0.25, -0.2) is 18.1 Å². The highest BCUT2D eigenvalue weighted by molar-refractivity contribution is 7.89. The number of nitrogens with two attached hydrogens (primary N) is 1. The van der Waals surface area contributed by atoms with Gasteiger partial charge in [-0.2, -0.15) is 0 Å².